The molecule has 0 saturated carbocycles. The standard InChI is InChI=1S/C28H27NO6/c1-18-16-21(34-3)12-13-23(18)26(30)24-25(29(14-15-33-2)28(32)27(24)31)19-8-7-11-22(17-19)35-20-9-5-4-6-10-20/h4-13,16-17,25,30H,14-15H2,1-3H3. The van der Waals surface area contributed by atoms with Crippen LogP contribution in [0.2, 0.25) is 0 Å². The van der Waals surface area contributed by atoms with E-state index in [-0.39, 0.29) is 24.5 Å². The molecule has 0 radical (unpaired) electrons. The summed E-state index contributed by atoms with van der Waals surface area (Å²) in [6, 6.07) is 20.8. The Kier molecular flexibility index (Phi) is 7.17. The summed E-state index contributed by atoms with van der Waals surface area (Å²) in [5, 5.41) is 11.3. The highest BCUT2D eigenvalue weighted by Gasteiger charge is 2.46. The maximum atomic E-state index is 13.2. The molecule has 1 heterocycles. The lowest BCUT2D eigenvalue weighted by molar-refractivity contribution is -0.140. The van der Waals surface area contributed by atoms with E-state index in [2.05, 4.69) is 0 Å². The first-order valence-corrected chi connectivity index (χ1v) is 11.2. The van der Waals surface area contributed by atoms with Gasteiger partial charge in [0.15, 0.2) is 0 Å². The number of carbonyl (C=O) groups excluding carboxylic acids is 2. The van der Waals surface area contributed by atoms with Crippen molar-refractivity contribution < 1.29 is 28.9 Å². The third kappa shape index (κ3) is 4.90. The topological polar surface area (TPSA) is 85.3 Å². The number of para-hydroxylation sites is 1. The maximum Gasteiger partial charge on any atom is 0.295 e. The number of ether oxygens (including phenoxy) is 3. The lowest BCUT2D eigenvalue weighted by atomic mass is 9.93. The first-order chi connectivity index (χ1) is 16.9. The number of carbonyl (C=O) groups is 2. The van der Waals surface area contributed by atoms with Gasteiger partial charge < -0.3 is 24.2 Å². The number of amides is 1. The zero-order valence-electron chi connectivity index (χ0n) is 19.9. The SMILES string of the molecule is COCCN1C(=O)C(=O)C(=C(O)c2ccc(OC)cc2C)C1c1cccc(Oc2ccccc2)c1. The van der Waals surface area contributed by atoms with Crippen LogP contribution in [0, 0.1) is 6.92 Å². The molecule has 180 valence electrons. The number of Topliss-reactive ketones (excluding diaryl/α,β-unsaturated/α-hetero) is 1. The normalized spacial score (nSPS) is 17.0. The number of aryl methyl sites for hydroxylation is 1. The molecule has 0 aromatic heterocycles. The highest BCUT2D eigenvalue weighted by atomic mass is 16.5. The van der Waals surface area contributed by atoms with Gasteiger partial charge in [-0.25, -0.2) is 0 Å². The van der Waals surface area contributed by atoms with Gasteiger partial charge >= 0.3 is 0 Å². The molecule has 1 N–H and O–H groups in total. The number of aliphatic hydroxyl groups is 1. The minimum atomic E-state index is -0.800. The molecule has 1 saturated heterocycles. The second-order valence-electron chi connectivity index (χ2n) is 8.15. The van der Waals surface area contributed by atoms with Crippen LogP contribution in [0.5, 0.6) is 17.2 Å². The van der Waals surface area contributed by atoms with Gasteiger partial charge in [-0.3, -0.25) is 9.59 Å². The highest BCUT2D eigenvalue weighted by molar-refractivity contribution is 6.46. The number of ketones is 1. The van der Waals surface area contributed by atoms with Gasteiger partial charge in [-0.2, -0.15) is 0 Å². The van der Waals surface area contributed by atoms with Gasteiger partial charge in [-0.05, 0) is 60.5 Å². The van der Waals surface area contributed by atoms with Crippen LogP contribution >= 0.6 is 0 Å². The highest BCUT2D eigenvalue weighted by Crippen LogP contribution is 2.41. The van der Waals surface area contributed by atoms with Crippen molar-refractivity contribution in [2.75, 3.05) is 27.4 Å². The largest absolute Gasteiger partial charge is 0.507 e. The predicted molar refractivity (Wildman–Crippen MR) is 132 cm³/mol. The third-order valence-corrected chi connectivity index (χ3v) is 5.92. The first-order valence-electron chi connectivity index (χ1n) is 11.2. The van der Waals surface area contributed by atoms with Crippen molar-refractivity contribution in [3.8, 4) is 17.2 Å². The van der Waals surface area contributed by atoms with Crippen LogP contribution in [-0.4, -0.2) is 49.1 Å². The summed E-state index contributed by atoms with van der Waals surface area (Å²) < 4.78 is 16.4. The molecule has 1 fully saturated rings. The molecule has 1 atom stereocenters. The smallest absolute Gasteiger partial charge is 0.295 e. The maximum absolute atomic E-state index is 13.2. The fourth-order valence-electron chi connectivity index (χ4n) is 4.19. The van der Waals surface area contributed by atoms with Crippen LogP contribution < -0.4 is 9.47 Å². The van der Waals surface area contributed by atoms with E-state index in [4.69, 9.17) is 14.2 Å². The van der Waals surface area contributed by atoms with E-state index in [9.17, 15) is 14.7 Å². The summed E-state index contributed by atoms with van der Waals surface area (Å²) in [5.41, 5.74) is 1.83. The van der Waals surface area contributed by atoms with E-state index in [0.29, 0.717) is 33.9 Å². The van der Waals surface area contributed by atoms with Gasteiger partial charge in [0.05, 0.1) is 25.3 Å². The molecule has 1 aliphatic heterocycles. The number of hydrogen-bond donors (Lipinski definition) is 1. The Labute approximate surface area is 204 Å². The van der Waals surface area contributed by atoms with Gasteiger partial charge in [0.2, 0.25) is 0 Å². The van der Waals surface area contributed by atoms with E-state index < -0.39 is 17.7 Å². The molecule has 3 aromatic carbocycles. The van der Waals surface area contributed by atoms with Crippen molar-refractivity contribution in [1.29, 1.82) is 0 Å². The Morgan fingerprint density at radius 3 is 2.34 bits per heavy atom. The van der Waals surface area contributed by atoms with Gasteiger partial charge in [-0.15, -0.1) is 0 Å². The van der Waals surface area contributed by atoms with Crippen molar-refractivity contribution in [3.63, 3.8) is 0 Å². The molecule has 7 nitrogen and oxygen atoms in total. The van der Waals surface area contributed by atoms with E-state index in [1.54, 1.807) is 43.5 Å². The summed E-state index contributed by atoms with van der Waals surface area (Å²) in [6.45, 7) is 2.24. The Balaban J connectivity index is 1.82. The van der Waals surface area contributed by atoms with Gasteiger partial charge in [0.25, 0.3) is 11.7 Å². The quantitative estimate of drug-likeness (QED) is 0.286. The fraction of sp³-hybridized carbons (Fsp3) is 0.214. The molecular formula is C28H27NO6. The zero-order chi connectivity index (χ0) is 24.9. The van der Waals surface area contributed by atoms with Crippen molar-refractivity contribution in [2.45, 2.75) is 13.0 Å². The number of methoxy groups -OCH3 is 2. The molecule has 1 unspecified atom stereocenters. The monoisotopic (exact) mass is 473 g/mol. The zero-order valence-corrected chi connectivity index (χ0v) is 19.9. The van der Waals surface area contributed by atoms with E-state index in [0.717, 1.165) is 0 Å². The molecule has 4 rings (SSSR count). The molecule has 0 spiro atoms. The van der Waals surface area contributed by atoms with Crippen LogP contribution in [0.1, 0.15) is 22.7 Å². The number of likely N-dealkylation sites (tertiary alicyclic amines) is 1. The molecule has 1 aliphatic rings. The summed E-state index contributed by atoms with van der Waals surface area (Å²) >= 11 is 0. The summed E-state index contributed by atoms with van der Waals surface area (Å²) in [4.78, 5) is 27.6. The van der Waals surface area contributed by atoms with Gasteiger partial charge in [0, 0.05) is 19.2 Å². The van der Waals surface area contributed by atoms with Gasteiger partial charge in [-0.1, -0.05) is 30.3 Å². The minimum absolute atomic E-state index is 0.0243. The lowest BCUT2D eigenvalue weighted by Crippen LogP contribution is -2.32. The summed E-state index contributed by atoms with van der Waals surface area (Å²) in [5.74, 6) is 0.172. The molecule has 0 bridgehead atoms. The fourth-order valence-corrected chi connectivity index (χ4v) is 4.19. The number of benzene rings is 3. The Hall–Kier alpha value is -4.10. The van der Waals surface area contributed by atoms with Crippen molar-refractivity contribution >= 4 is 17.4 Å². The second kappa shape index (κ2) is 10.4. The van der Waals surface area contributed by atoms with E-state index in [1.165, 1.54) is 12.0 Å². The summed E-state index contributed by atoms with van der Waals surface area (Å²) in [7, 11) is 3.08. The Morgan fingerprint density at radius 2 is 1.66 bits per heavy atom. The average molecular weight is 474 g/mol. The number of hydrogen-bond acceptors (Lipinski definition) is 6. The Bertz CT molecular complexity index is 1270. The predicted octanol–water partition coefficient (Wildman–Crippen LogP) is 4.86. The summed E-state index contributed by atoms with van der Waals surface area (Å²) in [6.07, 6.45) is 0. The lowest BCUT2D eigenvalue weighted by Gasteiger charge is -2.25. The molecule has 7 heteroatoms. The number of nitrogens with zero attached hydrogens (tertiary/aromatic N) is 1. The molecule has 35 heavy (non-hydrogen) atoms. The van der Waals surface area contributed by atoms with Gasteiger partial charge in [0.1, 0.15) is 23.0 Å². The molecular weight excluding hydrogens is 446 g/mol. The third-order valence-electron chi connectivity index (χ3n) is 5.92. The van der Waals surface area contributed by atoms with Crippen molar-refractivity contribution in [3.05, 3.63) is 95.1 Å². The average Bonchev–Trinajstić information content (AvgIpc) is 3.12. The number of rotatable bonds is 8. The molecule has 3 aromatic rings. The van der Waals surface area contributed by atoms with Crippen molar-refractivity contribution in [1.82, 2.24) is 4.90 Å². The van der Waals surface area contributed by atoms with E-state index >= 15 is 0 Å². The van der Waals surface area contributed by atoms with Crippen LogP contribution in [0.4, 0.5) is 0 Å². The van der Waals surface area contributed by atoms with Crippen LogP contribution in [-0.2, 0) is 14.3 Å². The van der Waals surface area contributed by atoms with Crippen LogP contribution in [0.3, 0.4) is 0 Å². The van der Waals surface area contributed by atoms with Crippen LogP contribution in [0.25, 0.3) is 5.76 Å². The van der Waals surface area contributed by atoms with Crippen LogP contribution in [0.15, 0.2) is 78.4 Å². The molecule has 0 aliphatic carbocycles. The second-order valence-corrected chi connectivity index (χ2v) is 8.15. The first kappa shape index (κ1) is 24.0. The number of aliphatic hydroxyl groups excluding tert-OH is 1. The minimum Gasteiger partial charge on any atom is -0.507 e. The Morgan fingerprint density at radius 1 is 0.914 bits per heavy atom. The van der Waals surface area contributed by atoms with E-state index in [1.807, 2.05) is 43.3 Å². The molecule has 1 amide bonds. The van der Waals surface area contributed by atoms with Crippen molar-refractivity contribution in [2.24, 2.45) is 0 Å².